The van der Waals surface area contributed by atoms with Crippen LogP contribution in [0.4, 0.5) is 42.4 Å². The first-order chi connectivity index (χ1) is 22.3. The SMILES string of the molecule is CC(C)(C)C(=O)NCc1ccc(Cl)c(Nc2nc3cc(C(=O)N[C@H]4CC[C@H](C(F)(F)F)CC4)c(OCC(F)F)nc3n2CC(F)F)c1Cl. The lowest BCUT2D eigenvalue weighted by molar-refractivity contribution is -0.182. The van der Waals surface area contributed by atoms with Gasteiger partial charge in [0.2, 0.25) is 17.7 Å². The maximum Gasteiger partial charge on any atom is 0.391 e. The lowest BCUT2D eigenvalue weighted by atomic mass is 9.85. The molecule has 0 spiro atoms. The number of nitrogens with zero attached hydrogens (tertiary/aromatic N) is 3. The summed E-state index contributed by atoms with van der Waals surface area (Å²) < 4.78 is 99.2. The average Bonchev–Trinajstić information content (AvgIpc) is 3.31. The molecule has 48 heavy (non-hydrogen) atoms. The van der Waals surface area contributed by atoms with Gasteiger partial charge in [-0.05, 0) is 43.4 Å². The molecule has 2 amide bonds. The van der Waals surface area contributed by atoms with Crippen molar-refractivity contribution in [3.05, 3.63) is 39.4 Å². The lowest BCUT2D eigenvalue weighted by Crippen LogP contribution is -2.40. The van der Waals surface area contributed by atoms with E-state index in [0.29, 0.717) is 5.56 Å². The molecule has 1 fully saturated rings. The molecule has 18 heteroatoms. The first-order valence-corrected chi connectivity index (χ1v) is 15.6. The van der Waals surface area contributed by atoms with Gasteiger partial charge < -0.3 is 20.7 Å². The number of fused-ring (bicyclic) bond motifs is 1. The fourth-order valence-corrected chi connectivity index (χ4v) is 5.61. The molecule has 0 aliphatic heterocycles. The van der Waals surface area contributed by atoms with Crippen molar-refractivity contribution in [2.45, 2.75) is 84.6 Å². The number of anilines is 2. The number of hydrogen-bond acceptors (Lipinski definition) is 6. The Kier molecular flexibility index (Phi) is 11.6. The molecule has 4 rings (SSSR count). The van der Waals surface area contributed by atoms with Crippen LogP contribution in [0.15, 0.2) is 18.2 Å². The summed E-state index contributed by atoms with van der Waals surface area (Å²) in [6.45, 7) is 3.01. The monoisotopic (exact) mass is 728 g/mol. The summed E-state index contributed by atoms with van der Waals surface area (Å²) in [5.41, 5.74) is -0.954. The van der Waals surface area contributed by atoms with Crippen molar-refractivity contribution < 1.29 is 45.1 Å². The van der Waals surface area contributed by atoms with Crippen molar-refractivity contribution in [2.75, 3.05) is 11.9 Å². The molecule has 0 bridgehead atoms. The zero-order valence-corrected chi connectivity index (χ0v) is 27.5. The summed E-state index contributed by atoms with van der Waals surface area (Å²) in [7, 11) is 0. The van der Waals surface area contributed by atoms with Crippen molar-refractivity contribution >= 4 is 57.8 Å². The molecule has 3 aromatic rings. The average molecular weight is 730 g/mol. The molecular weight excluding hydrogens is 696 g/mol. The number of hydrogen-bond donors (Lipinski definition) is 3. The number of rotatable bonds is 11. The highest BCUT2D eigenvalue weighted by Gasteiger charge is 2.41. The molecule has 1 aliphatic rings. The molecule has 0 radical (unpaired) electrons. The standard InChI is InChI=1S/C30H33Cl2F7N6O3/c1-29(2,3)27(47)40-11-14-4-9-18(31)23(22(14)32)43-28-42-19-10-17(25(46)41-16-7-5-15(6-8-16)30(37,38)39)26(48-13-21(35)36)44-24(19)45(28)12-20(33)34/h4,9-10,15-16,20-21H,5-8,11-13H2,1-3H3,(H,40,47)(H,41,46)(H,42,43)/t15-,16-. The third-order valence-corrected chi connectivity index (χ3v) is 8.40. The van der Waals surface area contributed by atoms with Gasteiger partial charge in [-0.25, -0.2) is 22.5 Å². The first-order valence-electron chi connectivity index (χ1n) is 14.8. The lowest BCUT2D eigenvalue weighted by Gasteiger charge is -2.30. The Hall–Kier alpha value is -3.53. The van der Waals surface area contributed by atoms with Crippen LogP contribution in [0.5, 0.6) is 5.88 Å². The van der Waals surface area contributed by atoms with E-state index in [1.807, 2.05) is 0 Å². The van der Waals surface area contributed by atoms with Crippen molar-refractivity contribution in [2.24, 2.45) is 11.3 Å². The Morgan fingerprint density at radius 3 is 2.27 bits per heavy atom. The van der Waals surface area contributed by atoms with Crippen LogP contribution in [-0.2, 0) is 17.9 Å². The number of benzene rings is 1. The predicted octanol–water partition coefficient (Wildman–Crippen LogP) is 7.90. The van der Waals surface area contributed by atoms with E-state index in [0.717, 1.165) is 10.6 Å². The zero-order valence-electron chi connectivity index (χ0n) is 26.0. The Balaban J connectivity index is 1.70. The highest BCUT2D eigenvalue weighted by atomic mass is 35.5. The number of halogens is 9. The van der Waals surface area contributed by atoms with Crippen molar-refractivity contribution in [3.63, 3.8) is 0 Å². The Morgan fingerprint density at radius 2 is 1.69 bits per heavy atom. The second-order valence-electron chi connectivity index (χ2n) is 12.3. The normalized spacial score (nSPS) is 17.2. The summed E-state index contributed by atoms with van der Waals surface area (Å²) in [5.74, 6) is -3.49. The van der Waals surface area contributed by atoms with Crippen LogP contribution in [0, 0.1) is 11.3 Å². The summed E-state index contributed by atoms with van der Waals surface area (Å²) >= 11 is 13.0. The van der Waals surface area contributed by atoms with E-state index in [4.69, 9.17) is 27.9 Å². The van der Waals surface area contributed by atoms with E-state index >= 15 is 0 Å². The van der Waals surface area contributed by atoms with Crippen LogP contribution in [0.2, 0.25) is 10.0 Å². The molecule has 0 saturated heterocycles. The van der Waals surface area contributed by atoms with E-state index in [1.54, 1.807) is 26.8 Å². The van der Waals surface area contributed by atoms with Gasteiger partial charge in [-0.15, -0.1) is 0 Å². The second-order valence-corrected chi connectivity index (χ2v) is 13.1. The summed E-state index contributed by atoms with van der Waals surface area (Å²) in [6, 6.07) is 3.49. The zero-order chi connectivity index (χ0) is 35.6. The topological polar surface area (TPSA) is 110 Å². The third kappa shape index (κ3) is 9.12. The largest absolute Gasteiger partial charge is 0.471 e. The second kappa shape index (κ2) is 14.9. The van der Waals surface area contributed by atoms with Gasteiger partial charge in [0.1, 0.15) is 11.1 Å². The Morgan fingerprint density at radius 1 is 1.02 bits per heavy atom. The number of alkyl halides is 7. The smallest absolute Gasteiger partial charge is 0.391 e. The minimum atomic E-state index is -4.36. The highest BCUT2D eigenvalue weighted by molar-refractivity contribution is 6.39. The highest BCUT2D eigenvalue weighted by Crippen LogP contribution is 2.39. The minimum Gasteiger partial charge on any atom is -0.471 e. The van der Waals surface area contributed by atoms with Gasteiger partial charge >= 0.3 is 6.18 Å². The Labute approximate surface area is 280 Å². The number of aromatic nitrogens is 3. The van der Waals surface area contributed by atoms with Gasteiger partial charge in [0.15, 0.2) is 12.3 Å². The first kappa shape index (κ1) is 37.3. The van der Waals surface area contributed by atoms with E-state index in [-0.39, 0.29) is 76.5 Å². The van der Waals surface area contributed by atoms with E-state index in [9.17, 15) is 40.3 Å². The molecule has 2 heterocycles. The van der Waals surface area contributed by atoms with Crippen LogP contribution in [0.25, 0.3) is 11.2 Å². The maximum absolute atomic E-state index is 13.8. The summed E-state index contributed by atoms with van der Waals surface area (Å²) in [5, 5.41) is 8.27. The number of pyridine rings is 1. The van der Waals surface area contributed by atoms with Crippen LogP contribution in [-0.4, -0.2) is 58.0 Å². The van der Waals surface area contributed by atoms with Crippen LogP contribution < -0.4 is 20.7 Å². The van der Waals surface area contributed by atoms with Gasteiger partial charge in [-0.3, -0.25) is 14.2 Å². The quantitative estimate of drug-likeness (QED) is 0.173. The number of carbonyl (C=O) groups is 2. The fourth-order valence-electron chi connectivity index (χ4n) is 5.08. The predicted molar refractivity (Wildman–Crippen MR) is 165 cm³/mol. The van der Waals surface area contributed by atoms with Gasteiger partial charge in [-0.1, -0.05) is 50.0 Å². The number of amides is 2. The fraction of sp³-hybridized carbons (Fsp3) is 0.533. The van der Waals surface area contributed by atoms with Gasteiger partial charge in [0.05, 0.1) is 28.2 Å². The molecule has 1 aliphatic carbocycles. The van der Waals surface area contributed by atoms with Crippen LogP contribution in [0.1, 0.15) is 62.4 Å². The number of ether oxygens (including phenoxy) is 1. The molecule has 1 saturated carbocycles. The summed E-state index contributed by atoms with van der Waals surface area (Å²) in [4.78, 5) is 34.1. The van der Waals surface area contributed by atoms with Crippen molar-refractivity contribution in [3.8, 4) is 5.88 Å². The molecule has 2 aromatic heterocycles. The minimum absolute atomic E-state index is 0.0109. The molecule has 1 aromatic carbocycles. The van der Waals surface area contributed by atoms with E-state index in [1.165, 1.54) is 6.07 Å². The molecule has 0 unspecified atom stereocenters. The van der Waals surface area contributed by atoms with Gasteiger partial charge in [0.25, 0.3) is 18.8 Å². The van der Waals surface area contributed by atoms with Crippen LogP contribution in [0.3, 0.4) is 0 Å². The summed E-state index contributed by atoms with van der Waals surface area (Å²) in [6.07, 6.45) is -10.7. The van der Waals surface area contributed by atoms with E-state index in [2.05, 4.69) is 25.9 Å². The number of imidazole rings is 1. The van der Waals surface area contributed by atoms with E-state index < -0.39 is 61.3 Å². The van der Waals surface area contributed by atoms with Gasteiger partial charge in [0, 0.05) is 18.0 Å². The van der Waals surface area contributed by atoms with Crippen molar-refractivity contribution in [1.82, 2.24) is 25.2 Å². The third-order valence-electron chi connectivity index (χ3n) is 7.65. The molecule has 264 valence electrons. The molecular formula is C30H33Cl2F7N6O3. The van der Waals surface area contributed by atoms with Crippen molar-refractivity contribution in [1.29, 1.82) is 0 Å². The number of nitrogens with one attached hydrogen (secondary N) is 3. The molecule has 9 nitrogen and oxygen atoms in total. The maximum atomic E-state index is 13.8. The number of carbonyl (C=O) groups excluding carboxylic acids is 2. The Bertz CT molecular complexity index is 1640. The van der Waals surface area contributed by atoms with Gasteiger partial charge in [-0.2, -0.15) is 18.2 Å². The molecule has 0 atom stereocenters. The van der Waals surface area contributed by atoms with Crippen LogP contribution >= 0.6 is 23.2 Å². The molecule has 3 N–H and O–H groups in total.